The quantitative estimate of drug-likeness (QED) is 0.759. The van der Waals surface area contributed by atoms with Gasteiger partial charge in [0.2, 0.25) is 0 Å². The number of hydrogen-bond acceptors (Lipinski definition) is 1. The molecule has 2 unspecified atom stereocenters. The average Bonchev–Trinajstić information content (AvgIpc) is 2.56. The van der Waals surface area contributed by atoms with Crippen LogP contribution in [0.4, 0.5) is 4.39 Å². The molecule has 3 heteroatoms. The van der Waals surface area contributed by atoms with Crippen LogP contribution in [0.1, 0.15) is 11.1 Å². The molecule has 0 spiro atoms. The molecule has 4 rings (SSSR count). The molecule has 0 saturated carbocycles. The first-order valence-corrected chi connectivity index (χ1v) is 8.23. The van der Waals surface area contributed by atoms with E-state index in [-0.39, 0.29) is 5.82 Å². The zero-order valence-electron chi connectivity index (χ0n) is 12.7. The van der Waals surface area contributed by atoms with Gasteiger partial charge in [-0.25, -0.2) is 4.39 Å². The second kappa shape index (κ2) is 5.95. The summed E-state index contributed by atoms with van der Waals surface area (Å²) in [6.45, 7) is 2.91. The molecule has 2 aromatic rings. The summed E-state index contributed by atoms with van der Waals surface area (Å²) in [5.41, 5.74) is 4.88. The topological polar surface area (TPSA) is 3.24 Å². The van der Waals surface area contributed by atoms with Crippen molar-refractivity contribution >= 4 is 22.7 Å². The molecular formula is C20H17ClFN. The lowest BCUT2D eigenvalue weighted by Gasteiger charge is -2.38. The first kappa shape index (κ1) is 14.7. The highest BCUT2D eigenvalue weighted by molar-refractivity contribution is 6.30. The second-order valence-corrected chi connectivity index (χ2v) is 6.54. The Labute approximate surface area is 140 Å². The SMILES string of the molecule is Fc1ccc(C2=CCN3CC=C(c4cccc(Cl)c4)C2C3)cc1. The molecule has 0 amide bonds. The van der Waals surface area contributed by atoms with Gasteiger partial charge in [0.25, 0.3) is 0 Å². The Hall–Kier alpha value is -1.90. The molecule has 2 aromatic carbocycles. The third-order valence-electron chi connectivity index (χ3n) is 4.67. The van der Waals surface area contributed by atoms with Crippen molar-refractivity contribution < 1.29 is 4.39 Å². The predicted octanol–water partition coefficient (Wildman–Crippen LogP) is 4.89. The lowest BCUT2D eigenvalue weighted by Crippen LogP contribution is -2.38. The molecule has 2 bridgehead atoms. The van der Waals surface area contributed by atoms with Crippen LogP contribution in [0.15, 0.2) is 60.7 Å². The third kappa shape index (κ3) is 2.85. The van der Waals surface area contributed by atoms with E-state index in [1.54, 1.807) is 0 Å². The molecule has 0 radical (unpaired) electrons. The summed E-state index contributed by atoms with van der Waals surface area (Å²) in [6, 6.07) is 14.9. The second-order valence-electron chi connectivity index (χ2n) is 6.11. The van der Waals surface area contributed by atoms with Gasteiger partial charge >= 0.3 is 0 Å². The van der Waals surface area contributed by atoms with Crippen LogP contribution in [0.3, 0.4) is 0 Å². The molecule has 1 nitrogen and oxygen atoms in total. The van der Waals surface area contributed by atoms with E-state index < -0.39 is 0 Å². The van der Waals surface area contributed by atoms with E-state index in [1.807, 2.05) is 30.3 Å². The molecule has 2 aliphatic rings. The number of halogens is 2. The van der Waals surface area contributed by atoms with Crippen molar-refractivity contribution in [1.29, 1.82) is 0 Å². The van der Waals surface area contributed by atoms with Crippen molar-refractivity contribution in [3.8, 4) is 0 Å². The van der Waals surface area contributed by atoms with Gasteiger partial charge in [-0.1, -0.05) is 48.0 Å². The monoisotopic (exact) mass is 325 g/mol. The minimum atomic E-state index is -0.193. The van der Waals surface area contributed by atoms with Gasteiger partial charge < -0.3 is 0 Å². The van der Waals surface area contributed by atoms with Crippen LogP contribution >= 0.6 is 11.6 Å². The normalized spacial score (nSPS) is 23.2. The number of fused-ring (bicyclic) bond motifs is 2. The molecule has 2 atom stereocenters. The van der Waals surface area contributed by atoms with E-state index >= 15 is 0 Å². The molecule has 2 aliphatic heterocycles. The van der Waals surface area contributed by atoms with Gasteiger partial charge in [-0.3, -0.25) is 4.90 Å². The van der Waals surface area contributed by atoms with Gasteiger partial charge in [-0.15, -0.1) is 0 Å². The number of hydrogen-bond donors (Lipinski definition) is 0. The number of rotatable bonds is 2. The van der Waals surface area contributed by atoms with Gasteiger partial charge in [-0.2, -0.15) is 0 Å². The van der Waals surface area contributed by atoms with Crippen LogP contribution in [-0.4, -0.2) is 24.5 Å². The Bertz CT molecular complexity index is 792. The zero-order chi connectivity index (χ0) is 15.8. The Morgan fingerprint density at radius 1 is 0.913 bits per heavy atom. The van der Waals surface area contributed by atoms with Crippen molar-refractivity contribution in [3.05, 3.63) is 82.6 Å². The van der Waals surface area contributed by atoms with Crippen molar-refractivity contribution in [2.24, 2.45) is 5.92 Å². The predicted molar refractivity (Wildman–Crippen MR) is 93.7 cm³/mol. The molecular weight excluding hydrogens is 309 g/mol. The summed E-state index contributed by atoms with van der Waals surface area (Å²) in [5, 5.41) is 0.758. The van der Waals surface area contributed by atoms with Gasteiger partial charge in [0.05, 0.1) is 0 Å². The molecule has 0 N–H and O–H groups in total. The fourth-order valence-electron chi connectivity index (χ4n) is 3.53. The summed E-state index contributed by atoms with van der Waals surface area (Å²) in [7, 11) is 0. The van der Waals surface area contributed by atoms with E-state index in [0.717, 1.165) is 30.2 Å². The highest BCUT2D eigenvalue weighted by atomic mass is 35.5. The van der Waals surface area contributed by atoms with Crippen LogP contribution < -0.4 is 0 Å². The molecule has 0 aromatic heterocycles. The summed E-state index contributed by atoms with van der Waals surface area (Å²) in [4.78, 5) is 2.42. The third-order valence-corrected chi connectivity index (χ3v) is 4.90. The van der Waals surface area contributed by atoms with Crippen LogP contribution in [0.25, 0.3) is 11.1 Å². The fourth-order valence-corrected chi connectivity index (χ4v) is 3.72. The summed E-state index contributed by atoms with van der Waals surface area (Å²) in [5.74, 6) is 0.113. The van der Waals surface area contributed by atoms with Crippen molar-refractivity contribution in [3.63, 3.8) is 0 Å². The maximum Gasteiger partial charge on any atom is 0.123 e. The maximum atomic E-state index is 13.2. The highest BCUT2D eigenvalue weighted by Crippen LogP contribution is 2.40. The molecule has 23 heavy (non-hydrogen) atoms. The molecule has 2 heterocycles. The minimum absolute atomic E-state index is 0.193. The number of nitrogens with zero attached hydrogens (tertiary/aromatic N) is 1. The van der Waals surface area contributed by atoms with Crippen LogP contribution in [0, 0.1) is 11.7 Å². The molecule has 0 aliphatic carbocycles. The smallest absolute Gasteiger partial charge is 0.123 e. The summed E-state index contributed by atoms with van der Waals surface area (Å²) < 4.78 is 13.2. The molecule has 116 valence electrons. The summed E-state index contributed by atoms with van der Waals surface area (Å²) >= 11 is 6.17. The Morgan fingerprint density at radius 3 is 2.30 bits per heavy atom. The van der Waals surface area contributed by atoms with Crippen molar-refractivity contribution in [1.82, 2.24) is 4.90 Å². The standard InChI is InChI=1S/C20H17ClFN/c21-16-3-1-2-15(12-16)19-9-11-23-10-8-18(20(19)13-23)14-4-6-17(22)7-5-14/h1-9,12,20H,10-11,13H2. The van der Waals surface area contributed by atoms with Crippen molar-refractivity contribution in [2.45, 2.75) is 0 Å². The molecule has 0 saturated heterocycles. The highest BCUT2D eigenvalue weighted by Gasteiger charge is 2.30. The van der Waals surface area contributed by atoms with Crippen LogP contribution in [0.2, 0.25) is 5.02 Å². The average molecular weight is 326 g/mol. The van der Waals surface area contributed by atoms with Gasteiger partial charge in [0.15, 0.2) is 0 Å². The van der Waals surface area contributed by atoms with Crippen LogP contribution in [0.5, 0.6) is 0 Å². The van der Waals surface area contributed by atoms with E-state index in [0.29, 0.717) is 5.92 Å². The lowest BCUT2D eigenvalue weighted by atomic mass is 9.79. The lowest BCUT2D eigenvalue weighted by molar-refractivity contribution is 0.302. The first-order chi connectivity index (χ1) is 11.2. The Kier molecular flexibility index (Phi) is 3.80. The zero-order valence-corrected chi connectivity index (χ0v) is 13.4. The minimum Gasteiger partial charge on any atom is -0.295 e. The van der Waals surface area contributed by atoms with E-state index in [4.69, 9.17) is 11.6 Å². The largest absolute Gasteiger partial charge is 0.295 e. The maximum absolute atomic E-state index is 13.2. The van der Waals surface area contributed by atoms with E-state index in [2.05, 4.69) is 23.1 Å². The van der Waals surface area contributed by atoms with Crippen molar-refractivity contribution in [2.75, 3.05) is 19.6 Å². The van der Waals surface area contributed by atoms with E-state index in [9.17, 15) is 4.39 Å². The fraction of sp³-hybridized carbons (Fsp3) is 0.200. The Balaban J connectivity index is 1.75. The summed E-state index contributed by atoms with van der Waals surface area (Å²) in [6.07, 6.45) is 4.58. The molecule has 0 fully saturated rings. The van der Waals surface area contributed by atoms with Gasteiger partial charge in [-0.05, 0) is 46.5 Å². The van der Waals surface area contributed by atoms with Gasteiger partial charge in [0, 0.05) is 30.6 Å². The van der Waals surface area contributed by atoms with E-state index in [1.165, 1.54) is 28.8 Å². The first-order valence-electron chi connectivity index (χ1n) is 7.85. The van der Waals surface area contributed by atoms with Gasteiger partial charge in [0.1, 0.15) is 5.82 Å². The number of benzene rings is 2. The van der Waals surface area contributed by atoms with Crippen LogP contribution in [-0.2, 0) is 0 Å². The Morgan fingerprint density at radius 2 is 1.61 bits per heavy atom.